The minimum Gasteiger partial charge on any atom is -0.481 e. The number of nitrogens with one attached hydrogen (secondary N) is 1. The normalized spacial score (nSPS) is 17.0. The lowest BCUT2D eigenvalue weighted by Gasteiger charge is -2.38. The van der Waals surface area contributed by atoms with Crippen molar-refractivity contribution in [1.82, 2.24) is 24.6 Å². The van der Waals surface area contributed by atoms with Crippen molar-refractivity contribution in [3.63, 3.8) is 0 Å². The molecule has 4 rings (SSSR count). The topological polar surface area (TPSA) is 92.6 Å². The van der Waals surface area contributed by atoms with E-state index in [4.69, 9.17) is 4.74 Å². The van der Waals surface area contributed by atoms with Crippen LogP contribution in [0.25, 0.3) is 10.9 Å². The summed E-state index contributed by atoms with van der Waals surface area (Å²) >= 11 is 0. The van der Waals surface area contributed by atoms with Crippen molar-refractivity contribution >= 4 is 28.5 Å². The molecule has 3 aromatic rings. The van der Waals surface area contributed by atoms with E-state index in [0.29, 0.717) is 35.9 Å². The van der Waals surface area contributed by atoms with Crippen LogP contribution in [0.1, 0.15) is 17.3 Å². The number of anilines is 1. The van der Waals surface area contributed by atoms with E-state index in [1.807, 2.05) is 49.3 Å². The van der Waals surface area contributed by atoms with E-state index in [2.05, 4.69) is 15.4 Å². The number of nitrogens with zero attached hydrogens (tertiary/aromatic N) is 5. The first kappa shape index (κ1) is 20.8. The lowest BCUT2D eigenvalue weighted by molar-refractivity contribution is -0.122. The molecule has 1 saturated heterocycles. The zero-order valence-electron chi connectivity index (χ0n) is 17.9. The van der Waals surface area contributed by atoms with E-state index in [1.54, 1.807) is 21.7 Å². The van der Waals surface area contributed by atoms with Gasteiger partial charge < -0.3 is 15.0 Å². The van der Waals surface area contributed by atoms with E-state index in [1.165, 1.54) is 7.11 Å². The Kier molecular flexibility index (Phi) is 5.85. The number of likely N-dealkylation sites (N-methyl/N-ethyl adjacent to an activating group) is 1. The molecule has 9 nitrogen and oxygen atoms in total. The molecule has 0 spiro atoms. The Morgan fingerprint density at radius 3 is 2.77 bits per heavy atom. The molecule has 0 radical (unpaired) electrons. The van der Waals surface area contributed by atoms with Gasteiger partial charge in [0.05, 0.1) is 18.2 Å². The van der Waals surface area contributed by atoms with Gasteiger partial charge in [0.15, 0.2) is 5.82 Å². The Bertz CT molecular complexity index is 1110. The maximum Gasteiger partial charge on any atom is 0.254 e. The van der Waals surface area contributed by atoms with E-state index < -0.39 is 6.04 Å². The summed E-state index contributed by atoms with van der Waals surface area (Å²) in [6, 6.07) is 10.4. The summed E-state index contributed by atoms with van der Waals surface area (Å²) in [5.74, 6) is 0.571. The highest BCUT2D eigenvalue weighted by atomic mass is 16.5. The largest absolute Gasteiger partial charge is 0.481 e. The molecule has 1 aromatic carbocycles. The molecule has 9 heteroatoms. The Morgan fingerprint density at radius 1 is 1.23 bits per heavy atom. The van der Waals surface area contributed by atoms with Crippen LogP contribution in [0.15, 0.2) is 42.6 Å². The van der Waals surface area contributed by atoms with E-state index in [0.717, 1.165) is 11.9 Å². The van der Waals surface area contributed by atoms with Gasteiger partial charge in [-0.15, -0.1) is 0 Å². The number of pyridine rings is 1. The van der Waals surface area contributed by atoms with Crippen LogP contribution in [-0.4, -0.2) is 76.2 Å². The van der Waals surface area contributed by atoms with Crippen LogP contribution in [0.2, 0.25) is 0 Å². The van der Waals surface area contributed by atoms with Gasteiger partial charge in [-0.05, 0) is 20.0 Å². The lowest BCUT2D eigenvalue weighted by Crippen LogP contribution is -2.57. The van der Waals surface area contributed by atoms with Crippen LogP contribution in [-0.2, 0) is 11.3 Å². The molecule has 2 amide bonds. The highest BCUT2D eigenvalue weighted by molar-refractivity contribution is 6.07. The van der Waals surface area contributed by atoms with Gasteiger partial charge in [-0.2, -0.15) is 5.10 Å². The van der Waals surface area contributed by atoms with Crippen molar-refractivity contribution in [2.75, 3.05) is 39.1 Å². The first-order chi connectivity index (χ1) is 15.0. The number of aryl methyl sites for hydroxylation is 1. The minimum atomic E-state index is -0.473. The number of carbonyl (C=O) groups excluding carboxylic acids is 2. The van der Waals surface area contributed by atoms with Crippen LogP contribution in [0.3, 0.4) is 0 Å². The number of fused-ring (bicyclic) bond motifs is 1. The number of methoxy groups -OCH3 is 1. The predicted octanol–water partition coefficient (Wildman–Crippen LogP) is 1.85. The Hall–Kier alpha value is -3.46. The maximum absolute atomic E-state index is 13.4. The SMILES string of the molecule is CCn1ccc(NC(=O)C2CN(C(=O)c3cc(OC)nc4ccccc34)CCN2C)n1. The molecule has 0 aliphatic carbocycles. The molecule has 1 fully saturated rings. The van der Waals surface area contributed by atoms with Crippen molar-refractivity contribution in [1.29, 1.82) is 0 Å². The average molecular weight is 422 g/mol. The fourth-order valence-electron chi connectivity index (χ4n) is 3.76. The van der Waals surface area contributed by atoms with Crippen molar-refractivity contribution < 1.29 is 14.3 Å². The second-order valence-electron chi connectivity index (χ2n) is 7.52. The van der Waals surface area contributed by atoms with Gasteiger partial charge >= 0.3 is 0 Å². The number of piperazine rings is 1. The number of benzene rings is 1. The monoisotopic (exact) mass is 422 g/mol. The van der Waals surface area contributed by atoms with Crippen molar-refractivity contribution in [2.45, 2.75) is 19.5 Å². The second-order valence-corrected chi connectivity index (χ2v) is 7.52. The summed E-state index contributed by atoms with van der Waals surface area (Å²) in [5.41, 5.74) is 1.22. The molecule has 1 N–H and O–H groups in total. The van der Waals surface area contributed by atoms with Gasteiger partial charge in [-0.3, -0.25) is 19.2 Å². The lowest BCUT2D eigenvalue weighted by atomic mass is 10.1. The highest BCUT2D eigenvalue weighted by Crippen LogP contribution is 2.24. The number of aromatic nitrogens is 3. The molecule has 3 heterocycles. The Morgan fingerprint density at radius 2 is 2.03 bits per heavy atom. The first-order valence-electron chi connectivity index (χ1n) is 10.3. The first-order valence-corrected chi connectivity index (χ1v) is 10.3. The summed E-state index contributed by atoms with van der Waals surface area (Å²) in [5, 5.41) is 7.93. The molecule has 2 aromatic heterocycles. The van der Waals surface area contributed by atoms with Crippen LogP contribution < -0.4 is 10.1 Å². The number of ether oxygens (including phenoxy) is 1. The fraction of sp³-hybridized carbons (Fsp3) is 0.364. The Balaban J connectivity index is 1.56. The van der Waals surface area contributed by atoms with Gasteiger partial charge in [-0.1, -0.05) is 18.2 Å². The summed E-state index contributed by atoms with van der Waals surface area (Å²) in [7, 11) is 3.42. The third kappa shape index (κ3) is 4.22. The zero-order valence-corrected chi connectivity index (χ0v) is 17.9. The summed E-state index contributed by atoms with van der Waals surface area (Å²) in [4.78, 5) is 34.5. The highest BCUT2D eigenvalue weighted by Gasteiger charge is 2.33. The molecular weight excluding hydrogens is 396 g/mol. The number of hydrogen-bond acceptors (Lipinski definition) is 6. The molecule has 0 saturated carbocycles. The molecule has 0 bridgehead atoms. The molecule has 31 heavy (non-hydrogen) atoms. The van der Waals surface area contributed by atoms with Crippen molar-refractivity contribution in [3.05, 3.63) is 48.2 Å². The van der Waals surface area contributed by atoms with Crippen LogP contribution in [0.4, 0.5) is 5.82 Å². The number of amides is 2. The van der Waals surface area contributed by atoms with E-state index in [9.17, 15) is 9.59 Å². The fourth-order valence-corrected chi connectivity index (χ4v) is 3.76. The third-order valence-corrected chi connectivity index (χ3v) is 5.59. The predicted molar refractivity (Wildman–Crippen MR) is 117 cm³/mol. The van der Waals surface area contributed by atoms with Crippen LogP contribution in [0, 0.1) is 0 Å². The molecule has 1 unspecified atom stereocenters. The van der Waals surface area contributed by atoms with E-state index >= 15 is 0 Å². The molecule has 1 aliphatic rings. The molecule has 162 valence electrons. The molecule has 1 atom stereocenters. The maximum atomic E-state index is 13.4. The van der Waals surface area contributed by atoms with Gasteiger partial charge in [0.25, 0.3) is 5.91 Å². The summed E-state index contributed by atoms with van der Waals surface area (Å²) in [6.07, 6.45) is 1.82. The summed E-state index contributed by atoms with van der Waals surface area (Å²) in [6.45, 7) is 4.12. The van der Waals surface area contributed by atoms with Gasteiger partial charge in [0, 0.05) is 49.9 Å². The summed E-state index contributed by atoms with van der Waals surface area (Å²) < 4.78 is 7.04. The van der Waals surface area contributed by atoms with Gasteiger partial charge in [0.1, 0.15) is 6.04 Å². The Labute approximate surface area is 180 Å². The number of rotatable bonds is 5. The minimum absolute atomic E-state index is 0.141. The second kappa shape index (κ2) is 8.73. The van der Waals surface area contributed by atoms with Crippen LogP contribution in [0.5, 0.6) is 5.88 Å². The standard InChI is InChI=1S/C22H26N6O3/c1-4-28-10-9-19(25-28)24-21(29)18-14-27(12-11-26(18)2)22(30)16-13-20(31-3)23-17-8-6-5-7-15(16)17/h5-10,13,18H,4,11-12,14H2,1-3H3,(H,24,25,29). The van der Waals surface area contributed by atoms with Crippen molar-refractivity contribution in [3.8, 4) is 5.88 Å². The quantitative estimate of drug-likeness (QED) is 0.675. The van der Waals surface area contributed by atoms with Gasteiger partial charge in [0.2, 0.25) is 11.8 Å². The van der Waals surface area contributed by atoms with Gasteiger partial charge in [-0.25, -0.2) is 4.98 Å². The number of para-hydroxylation sites is 1. The number of carbonyl (C=O) groups is 2. The molecular formula is C22H26N6O3. The average Bonchev–Trinajstić information content (AvgIpc) is 3.25. The number of hydrogen-bond donors (Lipinski definition) is 1. The van der Waals surface area contributed by atoms with E-state index in [-0.39, 0.29) is 18.4 Å². The zero-order chi connectivity index (χ0) is 22.0. The smallest absolute Gasteiger partial charge is 0.254 e. The third-order valence-electron chi connectivity index (χ3n) is 5.59. The van der Waals surface area contributed by atoms with Crippen molar-refractivity contribution in [2.24, 2.45) is 0 Å². The molecule has 1 aliphatic heterocycles. The van der Waals surface area contributed by atoms with Crippen LogP contribution >= 0.6 is 0 Å².